The number of aromatic nitrogens is 3. The van der Waals surface area contributed by atoms with Gasteiger partial charge in [0, 0.05) is 22.6 Å². The summed E-state index contributed by atoms with van der Waals surface area (Å²) in [6, 6.07) is 10.5. The first kappa shape index (κ1) is 17.1. The monoisotopic (exact) mass is 363 g/mol. The Kier molecular flexibility index (Phi) is 5.33. The Morgan fingerprint density at radius 2 is 2.04 bits per heavy atom. The van der Waals surface area contributed by atoms with Crippen molar-refractivity contribution in [2.24, 2.45) is 7.05 Å². The number of halogens is 1. The van der Waals surface area contributed by atoms with E-state index in [9.17, 15) is 9.50 Å². The number of aliphatic hydroxyl groups is 1. The number of thiophene rings is 1. The fraction of sp³-hybridized carbons (Fsp3) is 0.294. The van der Waals surface area contributed by atoms with Crippen molar-refractivity contribution < 1.29 is 9.50 Å². The Morgan fingerprint density at radius 1 is 1.25 bits per heavy atom. The number of rotatable bonds is 6. The molecule has 3 aromatic rings. The first-order chi connectivity index (χ1) is 11.6. The molecule has 0 bridgehead atoms. The Morgan fingerprint density at radius 3 is 2.75 bits per heavy atom. The fourth-order valence-corrected chi connectivity index (χ4v) is 4.23. The van der Waals surface area contributed by atoms with Gasteiger partial charge in [0.25, 0.3) is 0 Å². The maximum absolute atomic E-state index is 13.9. The standard InChI is InChI=1S/C17H18FN3OS2/c1-3-11-8-9-15(24-11)14(22)10-23-17-20-19-16(21(17)2)12-6-4-5-7-13(12)18/h4-9,14,22H,3,10H2,1-2H3/t14-/m1/s1. The highest BCUT2D eigenvalue weighted by atomic mass is 32.2. The van der Waals surface area contributed by atoms with Crippen molar-refractivity contribution in [1.29, 1.82) is 0 Å². The van der Waals surface area contributed by atoms with E-state index in [0.29, 0.717) is 22.3 Å². The molecule has 0 saturated carbocycles. The topological polar surface area (TPSA) is 50.9 Å². The minimum atomic E-state index is -0.547. The molecule has 126 valence electrons. The van der Waals surface area contributed by atoms with Crippen LogP contribution in [-0.2, 0) is 13.5 Å². The molecule has 0 fully saturated rings. The van der Waals surface area contributed by atoms with Crippen LogP contribution < -0.4 is 0 Å². The summed E-state index contributed by atoms with van der Waals surface area (Å²) in [6.45, 7) is 2.10. The van der Waals surface area contributed by atoms with E-state index in [1.54, 1.807) is 41.2 Å². The van der Waals surface area contributed by atoms with E-state index in [4.69, 9.17) is 0 Å². The van der Waals surface area contributed by atoms with Gasteiger partial charge in [-0.15, -0.1) is 21.5 Å². The third kappa shape index (κ3) is 3.53. The second kappa shape index (κ2) is 7.46. The fourth-order valence-electron chi connectivity index (χ4n) is 2.32. The van der Waals surface area contributed by atoms with Gasteiger partial charge < -0.3 is 9.67 Å². The number of hydrogen-bond acceptors (Lipinski definition) is 5. The maximum atomic E-state index is 13.9. The number of nitrogens with zero attached hydrogens (tertiary/aromatic N) is 3. The predicted molar refractivity (Wildman–Crippen MR) is 95.8 cm³/mol. The molecule has 0 aliphatic heterocycles. The van der Waals surface area contributed by atoms with Crippen molar-refractivity contribution in [3.05, 3.63) is 52.0 Å². The molecule has 0 aliphatic rings. The molecule has 3 rings (SSSR count). The van der Waals surface area contributed by atoms with Crippen molar-refractivity contribution in [1.82, 2.24) is 14.8 Å². The van der Waals surface area contributed by atoms with Crippen LogP contribution in [0.5, 0.6) is 0 Å². The number of hydrogen-bond donors (Lipinski definition) is 1. The first-order valence-electron chi connectivity index (χ1n) is 7.64. The van der Waals surface area contributed by atoms with E-state index in [1.807, 2.05) is 12.1 Å². The largest absolute Gasteiger partial charge is 0.387 e. The summed E-state index contributed by atoms with van der Waals surface area (Å²) in [7, 11) is 1.80. The highest BCUT2D eigenvalue weighted by Gasteiger charge is 2.17. The number of aryl methyl sites for hydroxylation is 1. The third-order valence-corrected chi connectivity index (χ3v) is 6.11. The van der Waals surface area contributed by atoms with E-state index in [1.165, 1.54) is 22.7 Å². The van der Waals surface area contributed by atoms with E-state index in [0.717, 1.165) is 11.3 Å². The zero-order chi connectivity index (χ0) is 17.1. The minimum Gasteiger partial charge on any atom is -0.387 e. The number of aliphatic hydroxyl groups excluding tert-OH is 1. The van der Waals surface area contributed by atoms with Gasteiger partial charge in [-0.1, -0.05) is 30.8 Å². The quantitative estimate of drug-likeness (QED) is 0.671. The Balaban J connectivity index is 1.71. The van der Waals surface area contributed by atoms with Crippen LogP contribution >= 0.6 is 23.1 Å². The van der Waals surface area contributed by atoms with Gasteiger partial charge in [0.1, 0.15) is 5.82 Å². The summed E-state index contributed by atoms with van der Waals surface area (Å²) in [4.78, 5) is 2.21. The second-order valence-corrected chi connectivity index (χ2v) is 7.52. The summed E-state index contributed by atoms with van der Waals surface area (Å²) in [6.07, 6.45) is 0.425. The molecular weight excluding hydrogens is 345 g/mol. The summed E-state index contributed by atoms with van der Waals surface area (Å²) in [5.41, 5.74) is 0.422. The molecule has 0 aliphatic carbocycles. The minimum absolute atomic E-state index is 0.324. The van der Waals surface area contributed by atoms with Gasteiger partial charge in [0.05, 0.1) is 11.7 Å². The molecule has 0 radical (unpaired) electrons. The van der Waals surface area contributed by atoms with E-state index in [-0.39, 0.29) is 5.82 Å². The van der Waals surface area contributed by atoms with E-state index < -0.39 is 6.10 Å². The molecule has 1 atom stereocenters. The van der Waals surface area contributed by atoms with Gasteiger partial charge in [0.2, 0.25) is 0 Å². The summed E-state index contributed by atoms with van der Waals surface area (Å²) in [5, 5.41) is 19.2. The van der Waals surface area contributed by atoms with Crippen LogP contribution in [0.1, 0.15) is 22.8 Å². The molecule has 4 nitrogen and oxygen atoms in total. The molecule has 24 heavy (non-hydrogen) atoms. The molecule has 2 heterocycles. The lowest BCUT2D eigenvalue weighted by Gasteiger charge is -2.08. The first-order valence-corrected chi connectivity index (χ1v) is 9.44. The predicted octanol–water partition coefficient (Wildman–Crippen LogP) is 4.07. The molecule has 0 amide bonds. The molecule has 2 aromatic heterocycles. The average Bonchev–Trinajstić information content (AvgIpc) is 3.20. The number of thioether (sulfide) groups is 1. The van der Waals surface area contributed by atoms with E-state index >= 15 is 0 Å². The third-order valence-electron chi connectivity index (χ3n) is 3.68. The van der Waals surface area contributed by atoms with Gasteiger partial charge >= 0.3 is 0 Å². The summed E-state index contributed by atoms with van der Waals surface area (Å²) < 4.78 is 15.7. The smallest absolute Gasteiger partial charge is 0.191 e. The Labute approximate surface area is 148 Å². The Bertz CT molecular complexity index is 831. The zero-order valence-corrected chi connectivity index (χ0v) is 15.1. The van der Waals surface area contributed by atoms with Crippen molar-refractivity contribution in [2.45, 2.75) is 24.6 Å². The maximum Gasteiger partial charge on any atom is 0.191 e. The highest BCUT2D eigenvalue weighted by Crippen LogP contribution is 2.30. The molecule has 1 aromatic carbocycles. The Hall–Kier alpha value is -1.70. The summed E-state index contributed by atoms with van der Waals surface area (Å²) >= 11 is 3.04. The van der Waals surface area contributed by atoms with Crippen LogP contribution in [-0.4, -0.2) is 25.6 Å². The van der Waals surface area contributed by atoms with Crippen LogP contribution in [0, 0.1) is 5.82 Å². The lowest BCUT2D eigenvalue weighted by atomic mass is 10.2. The molecule has 1 N–H and O–H groups in total. The van der Waals surface area contributed by atoms with Gasteiger partial charge in [-0.05, 0) is 30.7 Å². The lowest BCUT2D eigenvalue weighted by Crippen LogP contribution is -2.01. The SMILES string of the molecule is CCc1ccc([C@H](O)CSc2nnc(-c3ccccc3F)n2C)s1. The van der Waals surface area contributed by atoms with Crippen molar-refractivity contribution in [3.63, 3.8) is 0 Å². The van der Waals surface area contributed by atoms with Crippen LogP contribution in [0.2, 0.25) is 0 Å². The van der Waals surface area contributed by atoms with Gasteiger partial charge in [-0.2, -0.15) is 0 Å². The molecule has 0 unspecified atom stereocenters. The average molecular weight is 363 g/mol. The zero-order valence-electron chi connectivity index (χ0n) is 13.4. The molecular formula is C17H18FN3OS2. The molecule has 7 heteroatoms. The summed E-state index contributed by atoms with van der Waals surface area (Å²) in [5.74, 6) is 0.636. The van der Waals surface area contributed by atoms with Gasteiger partial charge in [-0.3, -0.25) is 0 Å². The van der Waals surface area contributed by atoms with Crippen LogP contribution in [0.25, 0.3) is 11.4 Å². The molecule has 0 spiro atoms. The second-order valence-electron chi connectivity index (χ2n) is 5.33. The van der Waals surface area contributed by atoms with Gasteiger partial charge in [-0.25, -0.2) is 4.39 Å². The lowest BCUT2D eigenvalue weighted by molar-refractivity contribution is 0.208. The van der Waals surface area contributed by atoms with Crippen LogP contribution in [0.3, 0.4) is 0 Å². The van der Waals surface area contributed by atoms with Crippen LogP contribution in [0.15, 0.2) is 41.6 Å². The van der Waals surface area contributed by atoms with Gasteiger partial charge in [0.15, 0.2) is 11.0 Å². The van der Waals surface area contributed by atoms with Crippen LogP contribution in [0.4, 0.5) is 4.39 Å². The van der Waals surface area contributed by atoms with Crippen molar-refractivity contribution in [3.8, 4) is 11.4 Å². The molecule has 0 saturated heterocycles. The highest BCUT2D eigenvalue weighted by molar-refractivity contribution is 7.99. The number of benzene rings is 1. The van der Waals surface area contributed by atoms with Crippen molar-refractivity contribution in [2.75, 3.05) is 5.75 Å². The van der Waals surface area contributed by atoms with E-state index in [2.05, 4.69) is 17.1 Å². The van der Waals surface area contributed by atoms with Crippen molar-refractivity contribution >= 4 is 23.1 Å². The normalized spacial score (nSPS) is 12.5.